The minimum absolute atomic E-state index is 0.389. The molecular weight excluding hydrogens is 481 g/mol. The Labute approximate surface area is 212 Å². The number of fused-ring (bicyclic) bond motifs is 3. The van der Waals surface area contributed by atoms with E-state index in [4.69, 9.17) is 9.59 Å². The van der Waals surface area contributed by atoms with Gasteiger partial charge in [0, 0.05) is 18.3 Å². The average molecular weight is 509 g/mol. The lowest BCUT2D eigenvalue weighted by Crippen LogP contribution is -2.07. The van der Waals surface area contributed by atoms with Crippen molar-refractivity contribution in [3.63, 3.8) is 0 Å². The quantitative estimate of drug-likeness (QED) is 0.287. The molecule has 5 aromatic rings. The van der Waals surface area contributed by atoms with Crippen LogP contribution in [0.5, 0.6) is 0 Å². The Hall–Kier alpha value is -4.50. The highest BCUT2D eigenvalue weighted by atomic mass is 19.4. The predicted molar refractivity (Wildman–Crippen MR) is 143 cm³/mol. The number of alkyl halides is 3. The first-order valence-electron chi connectivity index (χ1n) is 11.0. The zero-order valence-corrected chi connectivity index (χ0v) is 20.4. The van der Waals surface area contributed by atoms with Gasteiger partial charge in [-0.1, -0.05) is 48.5 Å². The molecule has 5 rings (SSSR count). The number of aromatic nitrogens is 2. The Morgan fingerprint density at radius 3 is 2.00 bits per heavy atom. The lowest BCUT2D eigenvalue weighted by molar-refractivity contribution is -0.141. The highest BCUT2D eigenvalue weighted by Crippen LogP contribution is 2.35. The summed E-state index contributed by atoms with van der Waals surface area (Å²) >= 11 is 0. The summed E-state index contributed by atoms with van der Waals surface area (Å²) in [7, 11) is 3.29. The molecular formula is C28H27F3N4O2. The fourth-order valence-electron chi connectivity index (χ4n) is 3.86. The SMILES string of the molecule is C=O.C=O.CN.CNc1ccc(-n2nc(C(F)(F)F)cc2-c2ccc3c(ccc4ccccc43)c2)cc1. The number of hydrogen-bond donors (Lipinski definition) is 2. The maximum absolute atomic E-state index is 13.5. The van der Waals surface area contributed by atoms with Gasteiger partial charge < -0.3 is 20.6 Å². The fraction of sp³-hybridized carbons (Fsp3) is 0.107. The summed E-state index contributed by atoms with van der Waals surface area (Å²) in [5.74, 6) is 0. The molecule has 37 heavy (non-hydrogen) atoms. The number of nitrogens with one attached hydrogen (secondary N) is 1. The lowest BCUT2D eigenvalue weighted by atomic mass is 9.99. The first-order chi connectivity index (χ1) is 17.9. The molecule has 0 atom stereocenters. The highest BCUT2D eigenvalue weighted by Gasteiger charge is 2.35. The van der Waals surface area contributed by atoms with E-state index in [1.54, 1.807) is 31.3 Å². The Morgan fingerprint density at radius 1 is 0.784 bits per heavy atom. The standard InChI is InChI=1S/C25H18F3N3.CH5N.2CH2O/c1-29-19-9-11-20(12-10-19)31-23(15-24(30-31)25(26,27)28)18-8-13-22-17(14-18)7-6-16-4-2-3-5-21(16)22;3*1-2/h2-15,29H,1H3;2H2,1H3;2*1H2. The van der Waals surface area contributed by atoms with E-state index in [0.29, 0.717) is 16.9 Å². The van der Waals surface area contributed by atoms with Crippen molar-refractivity contribution in [1.82, 2.24) is 9.78 Å². The minimum atomic E-state index is -4.53. The largest absolute Gasteiger partial charge is 0.435 e. The predicted octanol–water partition coefficient (Wildman–Crippen LogP) is 6.11. The molecule has 1 aromatic heterocycles. The van der Waals surface area contributed by atoms with Crippen molar-refractivity contribution in [3.05, 3.63) is 90.6 Å². The van der Waals surface area contributed by atoms with Crippen molar-refractivity contribution in [2.75, 3.05) is 19.4 Å². The molecule has 192 valence electrons. The first-order valence-corrected chi connectivity index (χ1v) is 11.0. The minimum Gasteiger partial charge on any atom is -0.388 e. The summed E-state index contributed by atoms with van der Waals surface area (Å²) in [4.78, 5) is 16.0. The van der Waals surface area contributed by atoms with Crippen LogP contribution < -0.4 is 11.1 Å². The topological polar surface area (TPSA) is 90.0 Å². The molecule has 9 heteroatoms. The summed E-state index contributed by atoms with van der Waals surface area (Å²) in [5.41, 5.74) is 6.07. The van der Waals surface area contributed by atoms with Crippen LogP contribution in [0.1, 0.15) is 5.69 Å². The van der Waals surface area contributed by atoms with Gasteiger partial charge in [-0.3, -0.25) is 0 Å². The maximum atomic E-state index is 13.5. The van der Waals surface area contributed by atoms with E-state index in [9.17, 15) is 13.2 Å². The van der Waals surface area contributed by atoms with Gasteiger partial charge >= 0.3 is 6.18 Å². The van der Waals surface area contributed by atoms with E-state index in [-0.39, 0.29) is 0 Å². The summed E-state index contributed by atoms with van der Waals surface area (Å²) in [6.45, 7) is 4.00. The Kier molecular flexibility index (Phi) is 10.1. The smallest absolute Gasteiger partial charge is 0.388 e. The van der Waals surface area contributed by atoms with Gasteiger partial charge in [-0.2, -0.15) is 18.3 Å². The van der Waals surface area contributed by atoms with Crippen LogP contribution in [0.3, 0.4) is 0 Å². The van der Waals surface area contributed by atoms with E-state index >= 15 is 0 Å². The summed E-state index contributed by atoms with van der Waals surface area (Å²) in [5, 5.41) is 11.1. The summed E-state index contributed by atoms with van der Waals surface area (Å²) in [6.07, 6.45) is -4.53. The maximum Gasteiger partial charge on any atom is 0.435 e. The van der Waals surface area contributed by atoms with Crippen LogP contribution in [-0.4, -0.2) is 37.5 Å². The van der Waals surface area contributed by atoms with Crippen molar-refractivity contribution in [2.24, 2.45) is 5.73 Å². The summed E-state index contributed by atoms with van der Waals surface area (Å²) < 4.78 is 41.8. The fourth-order valence-corrected chi connectivity index (χ4v) is 3.86. The summed E-state index contributed by atoms with van der Waals surface area (Å²) in [6, 6.07) is 26.0. The van der Waals surface area contributed by atoms with Gasteiger partial charge in [0.05, 0.1) is 11.4 Å². The van der Waals surface area contributed by atoms with Crippen molar-refractivity contribution < 1.29 is 22.8 Å². The van der Waals surface area contributed by atoms with E-state index in [1.165, 1.54) is 11.7 Å². The second-order valence-electron chi connectivity index (χ2n) is 7.34. The molecule has 0 fully saturated rings. The van der Waals surface area contributed by atoms with Crippen LogP contribution in [-0.2, 0) is 15.8 Å². The van der Waals surface area contributed by atoms with Crippen LogP contribution >= 0.6 is 0 Å². The molecule has 4 aromatic carbocycles. The van der Waals surface area contributed by atoms with Gasteiger partial charge in [0.25, 0.3) is 0 Å². The van der Waals surface area contributed by atoms with Crippen LogP contribution in [0, 0.1) is 0 Å². The number of rotatable bonds is 3. The molecule has 0 spiro atoms. The number of carbonyl (C=O) groups excluding carboxylic acids is 2. The third kappa shape index (κ3) is 6.20. The van der Waals surface area contributed by atoms with Crippen LogP contribution in [0.2, 0.25) is 0 Å². The number of nitrogens with zero attached hydrogens (tertiary/aromatic N) is 2. The third-order valence-corrected chi connectivity index (χ3v) is 5.44. The lowest BCUT2D eigenvalue weighted by Gasteiger charge is -2.10. The molecule has 0 saturated carbocycles. The van der Waals surface area contributed by atoms with E-state index in [0.717, 1.165) is 33.3 Å². The van der Waals surface area contributed by atoms with Crippen molar-refractivity contribution in [3.8, 4) is 16.9 Å². The van der Waals surface area contributed by atoms with Gasteiger partial charge in [-0.25, -0.2) is 4.68 Å². The molecule has 6 nitrogen and oxygen atoms in total. The van der Waals surface area contributed by atoms with Gasteiger partial charge in [0.2, 0.25) is 0 Å². The average Bonchev–Trinajstić information content (AvgIpc) is 3.42. The number of benzene rings is 4. The molecule has 0 unspecified atom stereocenters. The Balaban J connectivity index is 0.000000750. The zero-order chi connectivity index (χ0) is 27.6. The zero-order valence-electron chi connectivity index (χ0n) is 20.4. The number of anilines is 1. The van der Waals surface area contributed by atoms with Gasteiger partial charge in [0.15, 0.2) is 5.69 Å². The molecule has 0 aliphatic rings. The van der Waals surface area contributed by atoms with Gasteiger partial charge in [0.1, 0.15) is 13.6 Å². The van der Waals surface area contributed by atoms with Gasteiger partial charge in [-0.05, 0) is 65.0 Å². The number of carbonyl (C=O) groups is 2. The third-order valence-electron chi connectivity index (χ3n) is 5.44. The molecule has 1 heterocycles. The van der Waals surface area contributed by atoms with Crippen molar-refractivity contribution >= 4 is 40.8 Å². The molecule has 3 N–H and O–H groups in total. The second-order valence-corrected chi connectivity index (χ2v) is 7.34. The molecule has 0 amide bonds. The highest BCUT2D eigenvalue weighted by molar-refractivity contribution is 6.08. The van der Waals surface area contributed by atoms with Crippen LogP contribution in [0.4, 0.5) is 18.9 Å². The number of nitrogens with two attached hydrogens (primary N) is 1. The van der Waals surface area contributed by atoms with Crippen LogP contribution in [0.15, 0.2) is 84.9 Å². The molecule has 0 radical (unpaired) electrons. The van der Waals surface area contributed by atoms with E-state index < -0.39 is 11.9 Å². The molecule has 0 saturated heterocycles. The molecule has 0 aliphatic heterocycles. The monoisotopic (exact) mass is 508 g/mol. The molecule has 0 aliphatic carbocycles. The van der Waals surface area contributed by atoms with Gasteiger partial charge in [-0.15, -0.1) is 0 Å². The Bertz CT molecular complexity index is 1450. The number of hydrogen-bond acceptors (Lipinski definition) is 5. The van der Waals surface area contributed by atoms with Crippen LogP contribution in [0.25, 0.3) is 38.5 Å². The normalized spacial score (nSPS) is 10.3. The van der Waals surface area contributed by atoms with Crippen molar-refractivity contribution in [1.29, 1.82) is 0 Å². The van der Waals surface area contributed by atoms with E-state index in [2.05, 4.69) is 16.1 Å². The Morgan fingerprint density at radius 2 is 1.38 bits per heavy atom. The second kappa shape index (κ2) is 13.0. The number of halogens is 3. The van der Waals surface area contributed by atoms with Crippen molar-refractivity contribution in [2.45, 2.75) is 6.18 Å². The first kappa shape index (κ1) is 28.7. The van der Waals surface area contributed by atoms with E-state index in [1.807, 2.05) is 68.2 Å². The molecule has 0 bridgehead atoms.